The van der Waals surface area contributed by atoms with E-state index in [1.54, 1.807) is 12.1 Å². The number of esters is 1. The first-order valence-electron chi connectivity index (χ1n) is 10.9. The molecule has 0 bridgehead atoms. The summed E-state index contributed by atoms with van der Waals surface area (Å²) in [5.41, 5.74) is 0.130. The maximum Gasteiger partial charge on any atom is 0.339 e. The number of carboxylic acids is 1. The summed E-state index contributed by atoms with van der Waals surface area (Å²) in [4.78, 5) is 23.9. The molecule has 158 valence electrons. The van der Waals surface area contributed by atoms with Crippen LogP contribution in [0.25, 0.3) is 0 Å². The molecule has 0 radical (unpaired) electrons. The molecule has 0 fully saturated rings. The van der Waals surface area contributed by atoms with Crippen molar-refractivity contribution in [1.29, 1.82) is 0 Å². The topological polar surface area (TPSA) is 63.6 Å². The van der Waals surface area contributed by atoms with Gasteiger partial charge in [-0.2, -0.15) is 0 Å². The molecule has 2 unspecified atom stereocenters. The van der Waals surface area contributed by atoms with E-state index in [0.29, 0.717) is 0 Å². The average Bonchev–Trinajstić information content (AvgIpc) is 2.67. The molecule has 4 nitrogen and oxygen atoms in total. The minimum Gasteiger partial charge on any atom is -0.478 e. The van der Waals surface area contributed by atoms with Crippen LogP contribution in [0.2, 0.25) is 0 Å². The van der Waals surface area contributed by atoms with E-state index in [1.165, 1.54) is 44.2 Å². The smallest absolute Gasteiger partial charge is 0.339 e. The van der Waals surface area contributed by atoms with Gasteiger partial charge in [-0.05, 0) is 36.8 Å². The van der Waals surface area contributed by atoms with Crippen LogP contribution in [0.3, 0.4) is 0 Å². The lowest BCUT2D eigenvalue weighted by Crippen LogP contribution is -2.26. The number of carboxylic acid groups (broad SMARTS) is 1. The van der Waals surface area contributed by atoms with Gasteiger partial charge in [-0.15, -0.1) is 0 Å². The molecule has 28 heavy (non-hydrogen) atoms. The van der Waals surface area contributed by atoms with Crippen LogP contribution in [-0.2, 0) is 4.74 Å². The third-order valence-corrected chi connectivity index (χ3v) is 5.43. The third kappa shape index (κ3) is 8.90. The Morgan fingerprint density at radius 1 is 0.893 bits per heavy atom. The number of benzene rings is 1. The van der Waals surface area contributed by atoms with Crippen LogP contribution in [-0.4, -0.2) is 23.1 Å². The Morgan fingerprint density at radius 3 is 1.96 bits per heavy atom. The van der Waals surface area contributed by atoms with Crippen molar-refractivity contribution in [3.63, 3.8) is 0 Å². The fourth-order valence-corrected chi connectivity index (χ4v) is 3.38. The van der Waals surface area contributed by atoms with Crippen LogP contribution in [0.1, 0.15) is 106 Å². The van der Waals surface area contributed by atoms with Crippen molar-refractivity contribution in [2.45, 2.75) is 91.6 Å². The van der Waals surface area contributed by atoms with E-state index in [2.05, 4.69) is 27.7 Å². The second-order valence-electron chi connectivity index (χ2n) is 8.27. The zero-order chi connectivity index (χ0) is 20.9. The van der Waals surface area contributed by atoms with Crippen LogP contribution >= 0.6 is 0 Å². The van der Waals surface area contributed by atoms with Gasteiger partial charge in [-0.3, -0.25) is 0 Å². The zero-order valence-corrected chi connectivity index (χ0v) is 18.1. The van der Waals surface area contributed by atoms with Gasteiger partial charge in [0.1, 0.15) is 6.10 Å². The fourth-order valence-electron chi connectivity index (χ4n) is 3.38. The van der Waals surface area contributed by atoms with Crippen LogP contribution in [0.15, 0.2) is 24.3 Å². The molecule has 0 amide bonds. The minimum absolute atomic E-state index is 0.00296. The zero-order valence-electron chi connectivity index (χ0n) is 18.1. The first-order chi connectivity index (χ1) is 13.4. The van der Waals surface area contributed by atoms with Crippen molar-refractivity contribution in [2.75, 3.05) is 0 Å². The maximum absolute atomic E-state index is 12.6. The number of carbonyl (C=O) groups is 2. The lowest BCUT2D eigenvalue weighted by Gasteiger charge is -2.23. The summed E-state index contributed by atoms with van der Waals surface area (Å²) in [6.45, 7) is 8.72. The Kier molecular flexibility index (Phi) is 11.5. The minimum atomic E-state index is -1.11. The highest BCUT2D eigenvalue weighted by atomic mass is 16.5. The first-order valence-corrected chi connectivity index (χ1v) is 10.9. The highest BCUT2D eigenvalue weighted by Gasteiger charge is 2.23. The molecule has 1 aromatic carbocycles. The van der Waals surface area contributed by atoms with E-state index in [4.69, 9.17) is 4.74 Å². The van der Waals surface area contributed by atoms with Gasteiger partial charge in [-0.1, -0.05) is 84.8 Å². The predicted molar refractivity (Wildman–Crippen MR) is 114 cm³/mol. The van der Waals surface area contributed by atoms with Crippen LogP contribution in [0.5, 0.6) is 0 Å². The van der Waals surface area contributed by atoms with Gasteiger partial charge in [0, 0.05) is 0 Å². The molecular formula is C24H38O4. The molecule has 0 heterocycles. The molecule has 1 rings (SSSR count). The molecule has 0 aromatic heterocycles. The van der Waals surface area contributed by atoms with E-state index in [9.17, 15) is 14.7 Å². The fraction of sp³-hybridized carbons (Fsp3) is 0.667. The number of ether oxygens (including phenoxy) is 1. The van der Waals surface area contributed by atoms with Gasteiger partial charge < -0.3 is 9.84 Å². The molecule has 1 aromatic rings. The normalized spacial score (nSPS) is 13.3. The van der Waals surface area contributed by atoms with Crippen molar-refractivity contribution in [1.82, 2.24) is 0 Å². The summed E-state index contributed by atoms with van der Waals surface area (Å²) in [6.07, 6.45) is 10.2. The second kappa shape index (κ2) is 13.4. The number of carbonyl (C=O) groups excluding carboxylic acids is 1. The molecule has 4 heteroatoms. The Labute approximate surface area is 170 Å². The van der Waals surface area contributed by atoms with E-state index in [-0.39, 0.29) is 23.1 Å². The van der Waals surface area contributed by atoms with Crippen molar-refractivity contribution >= 4 is 11.9 Å². The lowest BCUT2D eigenvalue weighted by atomic mass is 9.95. The highest BCUT2D eigenvalue weighted by Crippen LogP contribution is 2.22. The summed E-state index contributed by atoms with van der Waals surface area (Å²) >= 11 is 0. The maximum atomic E-state index is 12.6. The molecule has 0 aliphatic rings. The number of rotatable bonds is 14. The summed E-state index contributed by atoms with van der Waals surface area (Å²) in [7, 11) is 0. The molecule has 1 N–H and O–H groups in total. The van der Waals surface area contributed by atoms with Gasteiger partial charge in [0.05, 0.1) is 11.1 Å². The Balaban J connectivity index is 2.49. The van der Waals surface area contributed by atoms with E-state index in [1.807, 2.05) is 0 Å². The van der Waals surface area contributed by atoms with E-state index >= 15 is 0 Å². The second-order valence-corrected chi connectivity index (χ2v) is 8.27. The van der Waals surface area contributed by atoms with Gasteiger partial charge in [-0.25, -0.2) is 9.59 Å². The first kappa shape index (κ1) is 24.2. The predicted octanol–water partition coefficient (Wildman–Crippen LogP) is 6.73. The SMILES string of the molecule is CCC(C)C(CCCCCCCCC(C)C)OC(=O)c1ccccc1C(=O)O. The molecule has 0 aliphatic carbocycles. The lowest BCUT2D eigenvalue weighted by molar-refractivity contribution is 0.0119. The summed E-state index contributed by atoms with van der Waals surface area (Å²) < 4.78 is 5.75. The molecule has 0 saturated heterocycles. The molecule has 2 atom stereocenters. The molecule has 0 aliphatic heterocycles. The Hall–Kier alpha value is -1.84. The number of aromatic carboxylic acids is 1. The number of hydrogen-bond acceptors (Lipinski definition) is 3. The average molecular weight is 391 g/mol. The van der Waals surface area contributed by atoms with E-state index in [0.717, 1.165) is 31.6 Å². The van der Waals surface area contributed by atoms with Gasteiger partial charge >= 0.3 is 11.9 Å². The largest absolute Gasteiger partial charge is 0.478 e. The van der Waals surface area contributed by atoms with Crippen molar-refractivity contribution < 1.29 is 19.4 Å². The standard InChI is InChI=1S/C24H38O4/c1-5-19(4)22(17-11-9-7-6-8-10-14-18(2)3)28-24(27)21-16-13-12-15-20(21)23(25)26/h12-13,15-16,18-19,22H,5-11,14,17H2,1-4H3,(H,25,26). The Bertz CT molecular complexity index is 594. The van der Waals surface area contributed by atoms with Crippen molar-refractivity contribution in [3.05, 3.63) is 35.4 Å². The summed E-state index contributed by atoms with van der Waals surface area (Å²) in [5.74, 6) is -0.591. The molecular weight excluding hydrogens is 352 g/mol. The van der Waals surface area contributed by atoms with Gasteiger partial charge in [0.25, 0.3) is 0 Å². The monoisotopic (exact) mass is 390 g/mol. The van der Waals surface area contributed by atoms with Crippen LogP contribution in [0.4, 0.5) is 0 Å². The summed E-state index contributed by atoms with van der Waals surface area (Å²) in [5, 5.41) is 9.29. The van der Waals surface area contributed by atoms with Crippen LogP contribution < -0.4 is 0 Å². The number of hydrogen-bond donors (Lipinski definition) is 1. The van der Waals surface area contributed by atoms with Gasteiger partial charge in [0.2, 0.25) is 0 Å². The Morgan fingerprint density at radius 2 is 1.43 bits per heavy atom. The van der Waals surface area contributed by atoms with E-state index < -0.39 is 11.9 Å². The summed E-state index contributed by atoms with van der Waals surface area (Å²) in [6, 6.07) is 6.25. The molecule has 0 spiro atoms. The number of unbranched alkanes of at least 4 members (excludes halogenated alkanes) is 5. The third-order valence-electron chi connectivity index (χ3n) is 5.43. The van der Waals surface area contributed by atoms with Gasteiger partial charge in [0.15, 0.2) is 0 Å². The van der Waals surface area contributed by atoms with Crippen LogP contribution in [0, 0.1) is 11.8 Å². The quantitative estimate of drug-likeness (QED) is 0.282. The highest BCUT2D eigenvalue weighted by molar-refractivity contribution is 6.02. The van der Waals surface area contributed by atoms with Crippen molar-refractivity contribution in [3.8, 4) is 0 Å². The molecule has 0 saturated carbocycles. The van der Waals surface area contributed by atoms with Crippen molar-refractivity contribution in [2.24, 2.45) is 11.8 Å².